The smallest absolute Gasteiger partial charge is 0.206 e. The van der Waals surface area contributed by atoms with Gasteiger partial charge in [-0.15, -0.1) is 0 Å². The minimum Gasteiger partial charge on any atom is -0.325 e. The summed E-state index contributed by atoms with van der Waals surface area (Å²) < 4.78 is 20.5. The Morgan fingerprint density at radius 2 is 1.24 bits per heavy atom. The lowest BCUT2D eigenvalue weighted by atomic mass is 9.98. The Morgan fingerprint density at radius 3 is 1.92 bits per heavy atom. The summed E-state index contributed by atoms with van der Waals surface area (Å²) in [5.74, 6) is 0. The summed E-state index contributed by atoms with van der Waals surface area (Å²) in [6, 6.07) is 0. The molecule has 0 bridgehead atoms. The van der Waals surface area contributed by atoms with Crippen molar-refractivity contribution in [3.05, 3.63) is 0 Å². The van der Waals surface area contributed by atoms with Crippen LogP contribution in [0.3, 0.4) is 0 Å². The molecule has 2 aliphatic rings. The van der Waals surface area contributed by atoms with Gasteiger partial charge in [-0.2, -0.15) is 0 Å². The Hall–Kier alpha value is 0.190. The molecule has 2 rings (SSSR count). The van der Waals surface area contributed by atoms with Gasteiger partial charge in [0.05, 0.1) is 6.10 Å². The Bertz CT molecular complexity index is 368. The molecule has 25 heavy (non-hydrogen) atoms. The van der Waals surface area contributed by atoms with E-state index < -0.39 is 7.37 Å². The second-order valence-corrected chi connectivity index (χ2v) is 11.4. The third kappa shape index (κ3) is 8.17. The van der Waals surface area contributed by atoms with Crippen LogP contribution >= 0.6 is 7.37 Å². The van der Waals surface area contributed by atoms with Crippen LogP contribution in [0.2, 0.25) is 0 Å². The molecule has 0 radical (unpaired) electrons. The second kappa shape index (κ2) is 12.6. The van der Waals surface area contributed by atoms with E-state index in [1.807, 2.05) is 0 Å². The van der Waals surface area contributed by atoms with E-state index in [4.69, 9.17) is 4.52 Å². The van der Waals surface area contributed by atoms with Gasteiger partial charge in [-0.05, 0) is 32.1 Å². The van der Waals surface area contributed by atoms with Crippen molar-refractivity contribution >= 4 is 7.37 Å². The monoisotopic (exact) mass is 370 g/mol. The average Bonchev–Trinajstić information content (AvgIpc) is 2.58. The molecule has 0 amide bonds. The predicted molar refractivity (Wildman–Crippen MR) is 110 cm³/mol. The molecule has 0 heterocycles. The molecular weight excluding hydrogens is 327 g/mol. The zero-order chi connectivity index (χ0) is 17.8. The van der Waals surface area contributed by atoms with Gasteiger partial charge in [0.1, 0.15) is 0 Å². The molecule has 2 aliphatic carbocycles. The SMILES string of the molecule is CCCCCCCCP(=O)(OC1CCCCC1)C1CCCCCCC1. The summed E-state index contributed by atoms with van der Waals surface area (Å²) in [7, 11) is -2.47. The first-order valence-electron chi connectivity index (χ1n) is 11.5. The van der Waals surface area contributed by atoms with Gasteiger partial charge in [-0.3, -0.25) is 4.57 Å². The van der Waals surface area contributed by atoms with Crippen molar-refractivity contribution in [1.29, 1.82) is 0 Å². The van der Waals surface area contributed by atoms with E-state index in [1.165, 1.54) is 83.5 Å². The molecule has 3 heteroatoms. The molecule has 148 valence electrons. The van der Waals surface area contributed by atoms with Crippen molar-refractivity contribution in [3.63, 3.8) is 0 Å². The quantitative estimate of drug-likeness (QED) is 0.287. The summed E-state index contributed by atoms with van der Waals surface area (Å²) >= 11 is 0. The highest BCUT2D eigenvalue weighted by molar-refractivity contribution is 7.59. The second-order valence-electron chi connectivity index (χ2n) is 8.58. The molecule has 2 fully saturated rings. The maximum atomic E-state index is 14.0. The molecule has 1 unspecified atom stereocenters. The van der Waals surface area contributed by atoms with E-state index in [0.717, 1.165) is 38.3 Å². The first-order chi connectivity index (χ1) is 12.2. The summed E-state index contributed by atoms with van der Waals surface area (Å²) in [5, 5.41) is 0. The number of hydrogen-bond acceptors (Lipinski definition) is 2. The topological polar surface area (TPSA) is 26.3 Å². The van der Waals surface area contributed by atoms with E-state index in [0.29, 0.717) is 11.8 Å². The normalized spacial score (nSPS) is 23.7. The largest absolute Gasteiger partial charge is 0.325 e. The fourth-order valence-electron chi connectivity index (χ4n) is 4.68. The van der Waals surface area contributed by atoms with E-state index in [9.17, 15) is 4.57 Å². The number of hydrogen-bond donors (Lipinski definition) is 0. The first-order valence-corrected chi connectivity index (χ1v) is 13.4. The van der Waals surface area contributed by atoms with Gasteiger partial charge in [0.25, 0.3) is 0 Å². The summed E-state index contributed by atoms with van der Waals surface area (Å²) in [4.78, 5) is 0. The average molecular weight is 371 g/mol. The number of unbranched alkanes of at least 4 members (excludes halogenated alkanes) is 5. The van der Waals surface area contributed by atoms with Gasteiger partial charge < -0.3 is 4.52 Å². The molecule has 1 atom stereocenters. The molecule has 0 saturated heterocycles. The zero-order valence-electron chi connectivity index (χ0n) is 16.9. The Morgan fingerprint density at radius 1 is 0.720 bits per heavy atom. The molecule has 0 aliphatic heterocycles. The maximum absolute atomic E-state index is 14.0. The Labute approximate surface area is 157 Å². The lowest BCUT2D eigenvalue weighted by molar-refractivity contribution is 0.153. The van der Waals surface area contributed by atoms with Crippen LogP contribution in [0.1, 0.15) is 122 Å². The van der Waals surface area contributed by atoms with E-state index >= 15 is 0 Å². The fraction of sp³-hybridized carbons (Fsp3) is 1.00. The van der Waals surface area contributed by atoms with Gasteiger partial charge in [0.2, 0.25) is 7.37 Å². The van der Waals surface area contributed by atoms with Crippen molar-refractivity contribution < 1.29 is 9.09 Å². The van der Waals surface area contributed by atoms with Gasteiger partial charge >= 0.3 is 0 Å². The minimum atomic E-state index is -2.47. The van der Waals surface area contributed by atoms with Crippen LogP contribution in [-0.4, -0.2) is 17.9 Å². The lowest BCUT2D eigenvalue weighted by Gasteiger charge is -2.33. The summed E-state index contributed by atoms with van der Waals surface area (Å²) in [6.45, 7) is 2.26. The maximum Gasteiger partial charge on any atom is 0.206 e. The van der Waals surface area contributed by atoms with Crippen LogP contribution in [0.15, 0.2) is 0 Å². The highest BCUT2D eigenvalue weighted by Gasteiger charge is 2.36. The van der Waals surface area contributed by atoms with Gasteiger partial charge in [-0.1, -0.05) is 90.4 Å². The standard InChI is InChI=1S/C22H43O2P/c1-2-3-4-5-9-15-20-25(23,24-21-16-11-10-12-17-21)22-18-13-7-6-8-14-19-22/h21-22H,2-20H2,1H3. The molecule has 0 spiro atoms. The highest BCUT2D eigenvalue weighted by atomic mass is 31.2. The molecule has 2 nitrogen and oxygen atoms in total. The summed E-state index contributed by atoms with van der Waals surface area (Å²) in [5.41, 5.74) is 0.366. The van der Waals surface area contributed by atoms with Gasteiger partial charge in [-0.25, -0.2) is 0 Å². The minimum absolute atomic E-state index is 0.296. The predicted octanol–water partition coefficient (Wildman–Crippen LogP) is 8.09. The Kier molecular flexibility index (Phi) is 10.8. The molecule has 0 N–H and O–H groups in total. The molecule has 0 aromatic heterocycles. The third-order valence-electron chi connectivity index (χ3n) is 6.33. The molecule has 0 aromatic rings. The van der Waals surface area contributed by atoms with Gasteiger partial charge in [0, 0.05) is 11.8 Å². The van der Waals surface area contributed by atoms with Crippen molar-refractivity contribution in [2.45, 2.75) is 134 Å². The van der Waals surface area contributed by atoms with Crippen LogP contribution in [0.4, 0.5) is 0 Å². The lowest BCUT2D eigenvalue weighted by Crippen LogP contribution is -2.22. The van der Waals surface area contributed by atoms with E-state index in [2.05, 4.69) is 6.92 Å². The van der Waals surface area contributed by atoms with Crippen molar-refractivity contribution in [3.8, 4) is 0 Å². The van der Waals surface area contributed by atoms with E-state index in [1.54, 1.807) is 0 Å². The third-order valence-corrected chi connectivity index (χ3v) is 9.56. The zero-order valence-corrected chi connectivity index (χ0v) is 17.7. The van der Waals surface area contributed by atoms with Crippen LogP contribution < -0.4 is 0 Å². The fourth-order valence-corrected chi connectivity index (χ4v) is 7.86. The molecule has 0 aromatic carbocycles. The molecule has 2 saturated carbocycles. The highest BCUT2D eigenvalue weighted by Crippen LogP contribution is 2.58. The number of rotatable bonds is 10. The van der Waals surface area contributed by atoms with Crippen LogP contribution in [0.25, 0.3) is 0 Å². The van der Waals surface area contributed by atoms with Crippen molar-refractivity contribution in [2.75, 3.05) is 6.16 Å². The van der Waals surface area contributed by atoms with E-state index in [-0.39, 0.29) is 0 Å². The Balaban J connectivity index is 1.89. The van der Waals surface area contributed by atoms with Crippen LogP contribution in [0.5, 0.6) is 0 Å². The van der Waals surface area contributed by atoms with Crippen molar-refractivity contribution in [1.82, 2.24) is 0 Å². The van der Waals surface area contributed by atoms with Crippen molar-refractivity contribution in [2.24, 2.45) is 0 Å². The first kappa shape index (κ1) is 21.5. The van der Waals surface area contributed by atoms with Crippen LogP contribution in [0, 0.1) is 0 Å². The summed E-state index contributed by atoms with van der Waals surface area (Å²) in [6.07, 6.45) is 23.8. The van der Waals surface area contributed by atoms with Crippen LogP contribution in [-0.2, 0) is 9.09 Å². The van der Waals surface area contributed by atoms with Gasteiger partial charge in [0.15, 0.2) is 0 Å². The molecular formula is C22H43O2P.